The fraction of sp³-hybridized carbons (Fsp3) is 0.227. The molecule has 148 valence electrons. The van der Waals surface area contributed by atoms with Crippen LogP contribution in [-0.2, 0) is 17.6 Å². The van der Waals surface area contributed by atoms with Gasteiger partial charge in [-0.25, -0.2) is 8.78 Å². The highest BCUT2D eigenvalue weighted by Crippen LogP contribution is 2.38. The van der Waals surface area contributed by atoms with E-state index in [0.717, 1.165) is 46.3 Å². The lowest BCUT2D eigenvalue weighted by atomic mass is 10.0. The number of hydrogen-bond acceptors (Lipinski definition) is 4. The van der Waals surface area contributed by atoms with E-state index < -0.39 is 11.6 Å². The third-order valence-corrected chi connectivity index (χ3v) is 4.77. The van der Waals surface area contributed by atoms with Crippen molar-refractivity contribution in [3.63, 3.8) is 0 Å². The number of carbonyl (C=O) groups excluding carboxylic acids is 1. The molecule has 1 aromatic heterocycles. The van der Waals surface area contributed by atoms with E-state index >= 15 is 0 Å². The molecule has 0 saturated carbocycles. The molecule has 0 fully saturated rings. The lowest BCUT2D eigenvalue weighted by Gasteiger charge is -2.14. The monoisotopic (exact) mass is 395 g/mol. The molecule has 1 N–H and O–H groups in total. The molecule has 0 radical (unpaired) electrons. The number of ether oxygens (including phenoxy) is 1. The zero-order valence-electron chi connectivity index (χ0n) is 15.8. The maximum atomic E-state index is 13.7. The van der Waals surface area contributed by atoms with Crippen LogP contribution in [-0.4, -0.2) is 28.5 Å². The average molecular weight is 395 g/mol. The topological polar surface area (TPSA) is 64.1 Å². The van der Waals surface area contributed by atoms with Gasteiger partial charge in [0, 0.05) is 29.9 Å². The Hall–Kier alpha value is -3.35. The van der Waals surface area contributed by atoms with Gasteiger partial charge in [-0.2, -0.15) is 0 Å². The van der Waals surface area contributed by atoms with Gasteiger partial charge in [-0.05, 0) is 42.3 Å². The summed E-state index contributed by atoms with van der Waals surface area (Å²) >= 11 is 0. The van der Waals surface area contributed by atoms with Crippen molar-refractivity contribution in [1.82, 2.24) is 15.3 Å². The summed E-state index contributed by atoms with van der Waals surface area (Å²) in [6.07, 6.45) is 5.08. The highest BCUT2D eigenvalue weighted by Gasteiger charge is 2.27. The van der Waals surface area contributed by atoms with Gasteiger partial charge in [-0.15, -0.1) is 0 Å². The first-order valence-electron chi connectivity index (χ1n) is 9.27. The third kappa shape index (κ3) is 4.23. The molecule has 0 bridgehead atoms. The number of hydrogen-bond donors (Lipinski definition) is 1. The van der Waals surface area contributed by atoms with Crippen LogP contribution in [0.5, 0.6) is 5.75 Å². The van der Waals surface area contributed by atoms with Gasteiger partial charge < -0.3 is 10.1 Å². The molecule has 0 aliphatic carbocycles. The number of aromatic nitrogens is 2. The molecule has 3 aromatic rings. The van der Waals surface area contributed by atoms with Crippen molar-refractivity contribution in [2.45, 2.75) is 25.9 Å². The molecule has 0 saturated heterocycles. The first-order chi connectivity index (χ1) is 14.0. The van der Waals surface area contributed by atoms with Crippen molar-refractivity contribution in [3.05, 3.63) is 77.2 Å². The van der Waals surface area contributed by atoms with Crippen LogP contribution in [0.4, 0.5) is 8.78 Å². The summed E-state index contributed by atoms with van der Waals surface area (Å²) in [5.41, 5.74) is 3.74. The van der Waals surface area contributed by atoms with E-state index in [0.29, 0.717) is 6.42 Å². The van der Waals surface area contributed by atoms with E-state index in [9.17, 15) is 13.6 Å². The second kappa shape index (κ2) is 7.95. The second-order valence-electron chi connectivity index (χ2n) is 7.05. The second-order valence-corrected chi connectivity index (χ2v) is 7.05. The Kier molecular flexibility index (Phi) is 5.20. The molecule has 1 atom stereocenters. The van der Waals surface area contributed by atoms with Crippen molar-refractivity contribution in [2.24, 2.45) is 0 Å². The lowest BCUT2D eigenvalue weighted by Crippen LogP contribution is -2.35. The van der Waals surface area contributed by atoms with Crippen LogP contribution < -0.4 is 10.1 Å². The first-order valence-corrected chi connectivity index (χ1v) is 9.27. The maximum absolute atomic E-state index is 13.7. The van der Waals surface area contributed by atoms with Crippen LogP contribution in [0.2, 0.25) is 0 Å². The molecule has 2 aromatic carbocycles. The van der Waals surface area contributed by atoms with Crippen LogP contribution in [0, 0.1) is 18.6 Å². The van der Waals surface area contributed by atoms with Crippen LogP contribution >= 0.6 is 0 Å². The van der Waals surface area contributed by atoms with Gasteiger partial charge in [0.1, 0.15) is 23.5 Å². The van der Waals surface area contributed by atoms with Crippen LogP contribution in [0.15, 0.2) is 48.9 Å². The Labute approximate surface area is 166 Å². The van der Waals surface area contributed by atoms with E-state index in [1.807, 2.05) is 13.0 Å². The summed E-state index contributed by atoms with van der Waals surface area (Å²) in [5.74, 6) is -0.822. The molecule has 1 aliphatic rings. The highest BCUT2D eigenvalue weighted by atomic mass is 19.1. The first kappa shape index (κ1) is 19.0. The zero-order chi connectivity index (χ0) is 20.4. The standard InChI is InChI=1S/C22H19F2N3O2/c1-13-6-15-9-17(29-22(15)18(7-13)20-12-25-4-5-26-20)11-27-21(28)10-14-8-16(23)2-3-19(14)24/h2-8,12,17H,9-11H2,1H3,(H,27,28). The molecule has 1 amide bonds. The summed E-state index contributed by atoms with van der Waals surface area (Å²) in [5, 5.41) is 2.75. The van der Waals surface area contributed by atoms with Gasteiger partial charge in [0.05, 0.1) is 24.9 Å². The van der Waals surface area contributed by atoms with E-state index in [-0.39, 0.29) is 30.5 Å². The summed E-state index contributed by atoms with van der Waals surface area (Å²) in [4.78, 5) is 20.6. The lowest BCUT2D eigenvalue weighted by molar-refractivity contribution is -0.120. The van der Waals surface area contributed by atoms with E-state index in [4.69, 9.17) is 4.74 Å². The Bertz CT molecular complexity index is 1060. The molecule has 5 nitrogen and oxygen atoms in total. The number of carbonyl (C=O) groups is 1. The van der Waals surface area contributed by atoms with Crippen LogP contribution in [0.3, 0.4) is 0 Å². The molecule has 1 aliphatic heterocycles. The van der Waals surface area contributed by atoms with Crippen molar-refractivity contribution < 1.29 is 18.3 Å². The number of fused-ring (bicyclic) bond motifs is 1. The van der Waals surface area contributed by atoms with Crippen LogP contribution in [0.25, 0.3) is 11.3 Å². The Balaban J connectivity index is 1.42. The normalized spacial score (nSPS) is 14.9. The number of halogens is 2. The molecule has 7 heteroatoms. The van der Waals surface area contributed by atoms with Gasteiger partial charge in [0.15, 0.2) is 0 Å². The predicted octanol–water partition coefficient (Wildman–Crippen LogP) is 3.39. The van der Waals surface area contributed by atoms with E-state index in [1.54, 1.807) is 18.6 Å². The number of rotatable bonds is 5. The van der Waals surface area contributed by atoms with Crippen molar-refractivity contribution in [1.29, 1.82) is 0 Å². The van der Waals surface area contributed by atoms with Crippen molar-refractivity contribution in [2.75, 3.05) is 6.54 Å². The summed E-state index contributed by atoms with van der Waals surface area (Å²) in [6.45, 7) is 2.27. The minimum Gasteiger partial charge on any atom is -0.487 e. The number of amides is 1. The number of nitrogens with one attached hydrogen (secondary N) is 1. The Morgan fingerprint density at radius 1 is 1.24 bits per heavy atom. The summed E-state index contributed by atoms with van der Waals surface area (Å²) in [6, 6.07) is 7.13. The van der Waals surface area contributed by atoms with Crippen molar-refractivity contribution >= 4 is 5.91 Å². The predicted molar refractivity (Wildman–Crippen MR) is 103 cm³/mol. The molecule has 1 unspecified atom stereocenters. The van der Waals surface area contributed by atoms with Gasteiger partial charge in [-0.1, -0.05) is 6.07 Å². The third-order valence-electron chi connectivity index (χ3n) is 4.77. The molecule has 0 spiro atoms. The zero-order valence-corrected chi connectivity index (χ0v) is 15.8. The maximum Gasteiger partial charge on any atom is 0.224 e. The van der Waals surface area contributed by atoms with Gasteiger partial charge in [0.25, 0.3) is 0 Å². The van der Waals surface area contributed by atoms with Crippen molar-refractivity contribution in [3.8, 4) is 17.0 Å². The van der Waals surface area contributed by atoms with E-state index in [1.165, 1.54) is 0 Å². The van der Waals surface area contributed by atoms with Crippen LogP contribution in [0.1, 0.15) is 16.7 Å². The smallest absolute Gasteiger partial charge is 0.224 e. The minimum atomic E-state index is -0.602. The Morgan fingerprint density at radius 3 is 2.90 bits per heavy atom. The largest absolute Gasteiger partial charge is 0.487 e. The molecule has 2 heterocycles. The number of nitrogens with zero attached hydrogens (tertiary/aromatic N) is 2. The summed E-state index contributed by atoms with van der Waals surface area (Å²) < 4.78 is 33.0. The highest BCUT2D eigenvalue weighted by molar-refractivity contribution is 5.78. The van der Waals surface area contributed by atoms with Gasteiger partial charge >= 0.3 is 0 Å². The Morgan fingerprint density at radius 2 is 2.10 bits per heavy atom. The minimum absolute atomic E-state index is 0.0266. The average Bonchev–Trinajstić information content (AvgIpc) is 3.12. The van der Waals surface area contributed by atoms with Gasteiger partial charge in [-0.3, -0.25) is 14.8 Å². The quantitative estimate of drug-likeness (QED) is 0.719. The van der Waals surface area contributed by atoms with Gasteiger partial charge in [0.2, 0.25) is 5.91 Å². The van der Waals surface area contributed by atoms with E-state index in [2.05, 4.69) is 21.4 Å². The fourth-order valence-corrected chi connectivity index (χ4v) is 3.48. The SMILES string of the molecule is Cc1cc2c(c(-c3cnccn3)c1)OC(CNC(=O)Cc1cc(F)ccc1F)C2. The number of aryl methyl sites for hydroxylation is 1. The number of benzene rings is 2. The summed E-state index contributed by atoms with van der Waals surface area (Å²) in [7, 11) is 0. The fourth-order valence-electron chi connectivity index (χ4n) is 3.48. The molecule has 29 heavy (non-hydrogen) atoms. The molecular weight excluding hydrogens is 376 g/mol. The molecular formula is C22H19F2N3O2. The molecule has 4 rings (SSSR count).